The van der Waals surface area contributed by atoms with E-state index in [1.54, 1.807) is 6.26 Å². The molecule has 7 unspecified atom stereocenters. The van der Waals surface area contributed by atoms with Crippen molar-refractivity contribution in [2.75, 3.05) is 19.5 Å². The van der Waals surface area contributed by atoms with Crippen molar-refractivity contribution in [2.24, 2.45) is 11.8 Å². The lowest BCUT2D eigenvalue weighted by molar-refractivity contribution is -0.208. The zero-order valence-corrected chi connectivity index (χ0v) is 17.0. The molecular weight excluding hydrogens is 375 g/mol. The summed E-state index contributed by atoms with van der Waals surface area (Å²) >= 11 is 1.24. The van der Waals surface area contributed by atoms with Crippen LogP contribution in [0.5, 0.6) is 0 Å². The molecule has 0 aromatic rings. The SMILES string of the molecule is CSC1OC(C(NC(=O)C2CC[C@H](CF)CCN2)C(C)C)C(O)C(O)C1O. The lowest BCUT2D eigenvalue weighted by Gasteiger charge is -2.44. The first-order valence-corrected chi connectivity index (χ1v) is 10.9. The smallest absolute Gasteiger partial charge is 0.237 e. The zero-order chi connectivity index (χ0) is 20.1. The molecule has 2 aliphatic heterocycles. The Hall–Kier alpha value is -0.450. The monoisotopic (exact) mass is 408 g/mol. The molecule has 9 heteroatoms. The quantitative estimate of drug-likeness (QED) is 0.422. The van der Waals surface area contributed by atoms with Gasteiger partial charge in [0, 0.05) is 0 Å². The molecule has 1 amide bonds. The molecule has 2 aliphatic rings. The standard InChI is InChI=1S/C18H33FN2O5S/c1-9(2)12(16-14(23)13(22)15(24)18(26-16)27-3)21-17(25)11-5-4-10(8-19)6-7-20-11/h9-16,18,20,22-24H,4-8H2,1-3H3,(H,21,25)/t10-,11?,12?,13?,14?,15?,16?,18?/m0/s1. The molecule has 0 bridgehead atoms. The van der Waals surface area contributed by atoms with Crippen LogP contribution in [0.4, 0.5) is 4.39 Å². The van der Waals surface area contributed by atoms with Gasteiger partial charge >= 0.3 is 0 Å². The molecule has 2 fully saturated rings. The molecule has 8 atom stereocenters. The first kappa shape index (κ1) is 22.8. The highest BCUT2D eigenvalue weighted by atomic mass is 32.2. The maximum Gasteiger partial charge on any atom is 0.237 e. The van der Waals surface area contributed by atoms with Gasteiger partial charge in [0.05, 0.1) is 18.8 Å². The summed E-state index contributed by atoms with van der Waals surface area (Å²) in [6.07, 6.45) is -1.04. The number of hydrogen-bond acceptors (Lipinski definition) is 7. The van der Waals surface area contributed by atoms with Crippen LogP contribution in [0.1, 0.15) is 33.1 Å². The number of carbonyl (C=O) groups excluding carboxylic acids is 1. The van der Waals surface area contributed by atoms with Gasteiger partial charge in [-0.05, 0) is 43.9 Å². The maximum absolute atomic E-state index is 12.9. The van der Waals surface area contributed by atoms with Crippen LogP contribution in [-0.4, -0.2) is 82.6 Å². The van der Waals surface area contributed by atoms with Crippen molar-refractivity contribution in [3.05, 3.63) is 0 Å². The molecule has 158 valence electrons. The van der Waals surface area contributed by atoms with E-state index in [9.17, 15) is 24.5 Å². The number of halogens is 1. The Morgan fingerprint density at radius 2 is 1.93 bits per heavy atom. The Labute approximate surface area is 164 Å². The fourth-order valence-electron chi connectivity index (χ4n) is 3.75. The number of hydrogen-bond donors (Lipinski definition) is 5. The number of aliphatic hydroxyl groups excluding tert-OH is 3. The third-order valence-corrected chi connectivity index (χ3v) is 6.42. The fraction of sp³-hybridized carbons (Fsp3) is 0.944. The minimum Gasteiger partial charge on any atom is -0.388 e. The second-order valence-electron chi connectivity index (χ2n) is 7.85. The molecule has 5 N–H and O–H groups in total. The van der Waals surface area contributed by atoms with Crippen molar-refractivity contribution < 1.29 is 29.2 Å². The molecular formula is C18H33FN2O5S. The van der Waals surface area contributed by atoms with E-state index >= 15 is 0 Å². The zero-order valence-electron chi connectivity index (χ0n) is 16.2. The van der Waals surface area contributed by atoms with Gasteiger partial charge in [-0.15, -0.1) is 11.8 Å². The Balaban J connectivity index is 2.07. The highest BCUT2D eigenvalue weighted by Gasteiger charge is 2.47. The number of aliphatic hydroxyl groups is 3. The molecule has 27 heavy (non-hydrogen) atoms. The highest BCUT2D eigenvalue weighted by molar-refractivity contribution is 7.99. The second kappa shape index (κ2) is 10.4. The van der Waals surface area contributed by atoms with Crippen LogP contribution in [-0.2, 0) is 9.53 Å². The molecule has 0 aromatic carbocycles. The van der Waals surface area contributed by atoms with Crippen LogP contribution in [0.2, 0.25) is 0 Å². The predicted molar refractivity (Wildman–Crippen MR) is 102 cm³/mol. The lowest BCUT2D eigenvalue weighted by atomic mass is 9.88. The van der Waals surface area contributed by atoms with E-state index in [-0.39, 0.29) is 24.4 Å². The van der Waals surface area contributed by atoms with Crippen molar-refractivity contribution in [1.29, 1.82) is 0 Å². The van der Waals surface area contributed by atoms with Crippen LogP contribution in [0, 0.1) is 11.8 Å². The summed E-state index contributed by atoms with van der Waals surface area (Å²) < 4.78 is 18.7. The van der Waals surface area contributed by atoms with Gasteiger partial charge in [0.15, 0.2) is 0 Å². The van der Waals surface area contributed by atoms with Gasteiger partial charge in [-0.1, -0.05) is 13.8 Å². The van der Waals surface area contributed by atoms with Crippen molar-refractivity contribution in [3.8, 4) is 0 Å². The molecule has 7 nitrogen and oxygen atoms in total. The van der Waals surface area contributed by atoms with E-state index in [4.69, 9.17) is 4.74 Å². The Morgan fingerprint density at radius 3 is 2.52 bits per heavy atom. The van der Waals surface area contributed by atoms with E-state index in [1.165, 1.54) is 11.8 Å². The average molecular weight is 409 g/mol. The number of rotatable bonds is 6. The number of alkyl halides is 1. The summed E-state index contributed by atoms with van der Waals surface area (Å²) in [6, 6.07) is -0.957. The Kier molecular flexibility index (Phi) is 8.76. The third-order valence-electron chi connectivity index (χ3n) is 5.56. The van der Waals surface area contributed by atoms with Gasteiger partial charge in [0.2, 0.25) is 5.91 Å². The molecule has 2 saturated heterocycles. The largest absolute Gasteiger partial charge is 0.388 e. The van der Waals surface area contributed by atoms with Gasteiger partial charge in [0.1, 0.15) is 29.9 Å². The van der Waals surface area contributed by atoms with Gasteiger partial charge in [-0.2, -0.15) is 0 Å². The summed E-state index contributed by atoms with van der Waals surface area (Å²) in [5.41, 5.74) is -0.687. The predicted octanol–water partition coefficient (Wildman–Crippen LogP) is 0.0256. The number of amides is 1. The first-order valence-electron chi connectivity index (χ1n) is 9.62. The average Bonchev–Trinajstić information content (AvgIpc) is 2.90. The fourth-order valence-corrected chi connectivity index (χ4v) is 4.43. The molecule has 0 spiro atoms. The van der Waals surface area contributed by atoms with E-state index in [0.29, 0.717) is 25.8 Å². The lowest BCUT2D eigenvalue weighted by Crippen LogP contribution is -2.64. The number of ether oxygens (including phenoxy) is 1. The van der Waals surface area contributed by atoms with E-state index in [0.717, 1.165) is 0 Å². The number of carbonyl (C=O) groups is 1. The second-order valence-corrected chi connectivity index (χ2v) is 8.78. The molecule has 2 heterocycles. The van der Waals surface area contributed by atoms with Gasteiger partial charge < -0.3 is 30.7 Å². The maximum atomic E-state index is 12.9. The van der Waals surface area contributed by atoms with Gasteiger partial charge in [-0.25, -0.2) is 0 Å². The topological polar surface area (TPSA) is 111 Å². The van der Waals surface area contributed by atoms with Crippen molar-refractivity contribution in [1.82, 2.24) is 10.6 Å². The van der Waals surface area contributed by atoms with Crippen LogP contribution in [0.3, 0.4) is 0 Å². The molecule has 0 saturated carbocycles. The highest BCUT2D eigenvalue weighted by Crippen LogP contribution is 2.30. The van der Waals surface area contributed by atoms with Crippen LogP contribution < -0.4 is 10.6 Å². The van der Waals surface area contributed by atoms with E-state index in [2.05, 4.69) is 10.6 Å². The molecule has 0 aromatic heterocycles. The minimum atomic E-state index is -1.35. The van der Waals surface area contributed by atoms with Crippen molar-refractivity contribution in [3.63, 3.8) is 0 Å². The van der Waals surface area contributed by atoms with Gasteiger partial charge in [0.25, 0.3) is 0 Å². The summed E-state index contributed by atoms with van der Waals surface area (Å²) in [7, 11) is 0. The summed E-state index contributed by atoms with van der Waals surface area (Å²) in [5, 5.41) is 36.7. The van der Waals surface area contributed by atoms with Crippen LogP contribution >= 0.6 is 11.8 Å². The molecule has 0 aliphatic carbocycles. The van der Waals surface area contributed by atoms with Crippen LogP contribution in [0.25, 0.3) is 0 Å². The Bertz CT molecular complexity index is 485. The molecule has 0 radical (unpaired) electrons. The van der Waals surface area contributed by atoms with E-state index < -0.39 is 41.9 Å². The number of thioether (sulfide) groups is 1. The summed E-state index contributed by atoms with van der Waals surface area (Å²) in [6.45, 7) is 4.00. The summed E-state index contributed by atoms with van der Waals surface area (Å²) in [5.74, 6) is -0.299. The van der Waals surface area contributed by atoms with Gasteiger partial charge in [-0.3, -0.25) is 9.18 Å². The van der Waals surface area contributed by atoms with Crippen molar-refractivity contribution in [2.45, 2.75) is 75.0 Å². The normalized spacial score (nSPS) is 39.0. The van der Waals surface area contributed by atoms with Crippen LogP contribution in [0.15, 0.2) is 0 Å². The first-order chi connectivity index (χ1) is 12.8. The molecule has 2 rings (SSSR count). The third kappa shape index (κ3) is 5.55. The van der Waals surface area contributed by atoms with E-state index in [1.807, 2.05) is 13.8 Å². The number of nitrogens with one attached hydrogen (secondary N) is 2. The summed E-state index contributed by atoms with van der Waals surface area (Å²) in [4.78, 5) is 12.8. The minimum absolute atomic E-state index is 0.0151. The Morgan fingerprint density at radius 1 is 1.22 bits per heavy atom. The van der Waals surface area contributed by atoms with Crippen molar-refractivity contribution >= 4 is 17.7 Å².